The number of aromatic amines is 1. The van der Waals surface area contributed by atoms with Gasteiger partial charge in [-0.15, -0.1) is 0 Å². The van der Waals surface area contributed by atoms with Crippen LogP contribution in [0.25, 0.3) is 11.1 Å². The minimum atomic E-state index is -0.381. The molecule has 3 aromatic rings. The van der Waals surface area contributed by atoms with Crippen LogP contribution in [0.15, 0.2) is 48.9 Å². The molecule has 1 aliphatic heterocycles. The smallest absolute Gasteiger partial charge is 0.416 e. The summed E-state index contributed by atoms with van der Waals surface area (Å²) >= 11 is 0. The second-order valence-electron chi connectivity index (χ2n) is 8.47. The van der Waals surface area contributed by atoms with Crippen molar-refractivity contribution in [2.75, 3.05) is 23.3 Å². The molecule has 160 valence electrons. The van der Waals surface area contributed by atoms with Gasteiger partial charge in [0.2, 0.25) is 0 Å². The molecule has 0 aromatic carbocycles. The second kappa shape index (κ2) is 8.02. The zero-order valence-electron chi connectivity index (χ0n) is 17.5. The van der Waals surface area contributed by atoms with E-state index < -0.39 is 0 Å². The van der Waals surface area contributed by atoms with Crippen molar-refractivity contribution in [2.45, 2.75) is 38.2 Å². The van der Waals surface area contributed by atoms with Crippen molar-refractivity contribution in [1.82, 2.24) is 20.2 Å². The van der Waals surface area contributed by atoms with Crippen molar-refractivity contribution >= 4 is 17.7 Å². The molecule has 0 bridgehead atoms. The third kappa shape index (κ3) is 3.97. The number of carbonyl (C=O) groups is 1. The van der Waals surface area contributed by atoms with Crippen LogP contribution in [0.1, 0.15) is 31.4 Å². The van der Waals surface area contributed by atoms with E-state index in [0.29, 0.717) is 18.3 Å². The summed E-state index contributed by atoms with van der Waals surface area (Å²) < 4.78 is 5.83. The Balaban J connectivity index is 1.14. The number of aromatic nitrogens is 4. The molecule has 0 unspecified atom stereocenters. The summed E-state index contributed by atoms with van der Waals surface area (Å²) in [5.74, 6) is 2.07. The molecule has 0 radical (unpaired) electrons. The molecule has 1 saturated carbocycles. The fraction of sp³-hybridized carbons (Fsp3) is 0.391. The molecule has 8 heteroatoms. The van der Waals surface area contributed by atoms with Gasteiger partial charge in [-0.05, 0) is 62.8 Å². The second-order valence-corrected chi connectivity index (χ2v) is 8.47. The van der Waals surface area contributed by atoms with Crippen LogP contribution < -0.4 is 10.2 Å². The fourth-order valence-electron chi connectivity index (χ4n) is 4.54. The number of aryl methyl sites for hydroxylation is 1. The Morgan fingerprint density at radius 3 is 2.77 bits per heavy atom. The van der Waals surface area contributed by atoms with Gasteiger partial charge in [-0.1, -0.05) is 6.07 Å². The van der Waals surface area contributed by atoms with E-state index in [1.165, 1.54) is 0 Å². The molecule has 2 fully saturated rings. The van der Waals surface area contributed by atoms with Gasteiger partial charge in [0.15, 0.2) is 0 Å². The monoisotopic (exact) mass is 418 g/mol. The average molecular weight is 419 g/mol. The summed E-state index contributed by atoms with van der Waals surface area (Å²) in [5.41, 5.74) is 2.71. The van der Waals surface area contributed by atoms with Crippen molar-refractivity contribution in [3.05, 3.63) is 54.6 Å². The average Bonchev–Trinajstić information content (AvgIpc) is 3.37. The predicted molar refractivity (Wildman–Crippen MR) is 118 cm³/mol. The first-order valence-corrected chi connectivity index (χ1v) is 10.7. The number of nitrogens with one attached hydrogen (secondary N) is 2. The Hall–Kier alpha value is -3.42. The summed E-state index contributed by atoms with van der Waals surface area (Å²) in [7, 11) is 0. The standard InChI is InChI=1S/C23H26N6O2/c1-16-19(14-27-28-16)18-5-6-20(26-13-18)25-12-17-7-9-23(10-8-17)15-29(22(30)31-23)21-4-2-3-11-24-21/h2-6,11,13-14,17H,7-10,12,15H2,1H3,(H,25,26)(H,27,28)/t17-,23-. The predicted octanol–water partition coefficient (Wildman–Crippen LogP) is 4.17. The van der Waals surface area contributed by atoms with Gasteiger partial charge in [-0.3, -0.25) is 10.00 Å². The highest BCUT2D eigenvalue weighted by atomic mass is 16.6. The van der Waals surface area contributed by atoms with Crippen LogP contribution in [0.2, 0.25) is 0 Å². The van der Waals surface area contributed by atoms with Crippen LogP contribution in [-0.4, -0.2) is 44.9 Å². The van der Waals surface area contributed by atoms with Gasteiger partial charge in [-0.2, -0.15) is 5.10 Å². The molecular formula is C23H26N6O2. The Morgan fingerprint density at radius 2 is 2.10 bits per heavy atom. The molecule has 3 aromatic heterocycles. The third-order valence-electron chi connectivity index (χ3n) is 6.39. The van der Waals surface area contributed by atoms with E-state index in [0.717, 1.165) is 54.9 Å². The molecule has 1 amide bonds. The Morgan fingerprint density at radius 1 is 1.23 bits per heavy atom. The maximum absolute atomic E-state index is 12.4. The van der Waals surface area contributed by atoms with Crippen molar-refractivity contribution < 1.29 is 9.53 Å². The van der Waals surface area contributed by atoms with Gasteiger partial charge in [0.1, 0.15) is 17.2 Å². The summed E-state index contributed by atoms with van der Waals surface area (Å²) in [6.45, 7) is 3.43. The maximum Gasteiger partial charge on any atom is 0.416 e. The number of carbonyl (C=O) groups excluding carboxylic acids is 1. The summed E-state index contributed by atoms with van der Waals surface area (Å²) in [4.78, 5) is 22.9. The van der Waals surface area contributed by atoms with Gasteiger partial charge < -0.3 is 10.1 Å². The number of ether oxygens (including phenoxy) is 1. The Bertz CT molecular complexity index is 1040. The normalized spacial score (nSPS) is 23.2. The van der Waals surface area contributed by atoms with Crippen LogP contribution in [-0.2, 0) is 4.74 Å². The molecule has 4 heterocycles. The van der Waals surface area contributed by atoms with Gasteiger partial charge in [0.25, 0.3) is 0 Å². The number of hydrogen-bond acceptors (Lipinski definition) is 6. The third-order valence-corrected chi connectivity index (χ3v) is 6.39. The zero-order chi connectivity index (χ0) is 21.3. The number of H-pyrrole nitrogens is 1. The van der Waals surface area contributed by atoms with E-state index in [2.05, 4.69) is 31.5 Å². The minimum absolute atomic E-state index is 0.285. The molecule has 2 aliphatic rings. The summed E-state index contributed by atoms with van der Waals surface area (Å²) in [6, 6.07) is 9.66. The Labute approximate surface area is 181 Å². The maximum atomic E-state index is 12.4. The molecular weight excluding hydrogens is 392 g/mol. The number of amides is 1. The zero-order valence-corrected chi connectivity index (χ0v) is 17.5. The first kappa shape index (κ1) is 19.5. The number of hydrogen-bond donors (Lipinski definition) is 2. The first-order valence-electron chi connectivity index (χ1n) is 10.7. The molecule has 1 spiro atoms. The number of pyridine rings is 2. The van der Waals surface area contributed by atoms with E-state index in [-0.39, 0.29) is 11.7 Å². The van der Waals surface area contributed by atoms with Crippen molar-refractivity contribution in [1.29, 1.82) is 0 Å². The molecule has 1 saturated heterocycles. The number of nitrogens with zero attached hydrogens (tertiary/aromatic N) is 4. The van der Waals surface area contributed by atoms with E-state index in [9.17, 15) is 4.79 Å². The summed E-state index contributed by atoms with van der Waals surface area (Å²) in [5, 5.41) is 10.5. The van der Waals surface area contributed by atoms with Gasteiger partial charge in [-0.25, -0.2) is 14.8 Å². The highest BCUT2D eigenvalue weighted by molar-refractivity contribution is 5.89. The van der Waals surface area contributed by atoms with Crippen LogP contribution in [0.3, 0.4) is 0 Å². The quantitative estimate of drug-likeness (QED) is 0.646. The van der Waals surface area contributed by atoms with Crippen LogP contribution >= 0.6 is 0 Å². The van der Waals surface area contributed by atoms with Crippen molar-refractivity contribution in [3.8, 4) is 11.1 Å². The molecule has 31 heavy (non-hydrogen) atoms. The number of rotatable bonds is 5. The van der Waals surface area contributed by atoms with E-state index >= 15 is 0 Å². The molecule has 0 atom stereocenters. The minimum Gasteiger partial charge on any atom is -0.441 e. The van der Waals surface area contributed by atoms with E-state index in [4.69, 9.17) is 4.74 Å². The molecule has 2 N–H and O–H groups in total. The lowest BCUT2D eigenvalue weighted by Gasteiger charge is -2.35. The van der Waals surface area contributed by atoms with Gasteiger partial charge in [0.05, 0.1) is 12.2 Å². The molecule has 5 rings (SSSR count). The lowest BCUT2D eigenvalue weighted by atomic mass is 9.78. The van der Waals surface area contributed by atoms with Crippen LogP contribution in [0.5, 0.6) is 0 Å². The topological polar surface area (TPSA) is 96.0 Å². The lowest BCUT2D eigenvalue weighted by molar-refractivity contribution is 0.0148. The van der Waals surface area contributed by atoms with Crippen LogP contribution in [0.4, 0.5) is 16.4 Å². The summed E-state index contributed by atoms with van der Waals surface area (Å²) in [6.07, 6.45) is 8.97. The highest BCUT2D eigenvalue weighted by Gasteiger charge is 2.47. The fourth-order valence-corrected chi connectivity index (χ4v) is 4.54. The molecule has 8 nitrogen and oxygen atoms in total. The largest absolute Gasteiger partial charge is 0.441 e. The van der Waals surface area contributed by atoms with Gasteiger partial charge >= 0.3 is 6.09 Å². The van der Waals surface area contributed by atoms with E-state index in [1.807, 2.05) is 43.6 Å². The molecule has 1 aliphatic carbocycles. The SMILES string of the molecule is Cc1n[nH]cc1-c1ccc(NC[C@H]2CC[C@]3(CC2)CN(c2ccccn2)C(=O)O3)nc1. The van der Waals surface area contributed by atoms with Crippen molar-refractivity contribution in [2.24, 2.45) is 5.92 Å². The lowest BCUT2D eigenvalue weighted by Crippen LogP contribution is -2.39. The number of anilines is 2. The van der Waals surface area contributed by atoms with Crippen molar-refractivity contribution in [3.63, 3.8) is 0 Å². The first-order chi connectivity index (χ1) is 15.1. The Kier molecular flexibility index (Phi) is 5.05. The van der Waals surface area contributed by atoms with E-state index in [1.54, 1.807) is 11.1 Å². The van der Waals surface area contributed by atoms with Gasteiger partial charge in [0, 0.05) is 36.3 Å². The van der Waals surface area contributed by atoms with Crippen LogP contribution in [0, 0.1) is 12.8 Å². The highest BCUT2D eigenvalue weighted by Crippen LogP contribution is 2.40.